The fourth-order valence-corrected chi connectivity index (χ4v) is 1.06. The second kappa shape index (κ2) is 2.80. The molecule has 4 N–H and O–H groups in total. The van der Waals surface area contributed by atoms with Crippen LogP contribution in [0.5, 0.6) is 0 Å². The first kappa shape index (κ1) is 9.09. The number of rotatable bonds is 0. The molecular formula is C6H4Cl2N2O2. The number of allylic oxidation sites excluding steroid dienone is 3. The molecule has 0 aliphatic heterocycles. The van der Waals surface area contributed by atoms with Gasteiger partial charge in [-0.25, -0.2) is 0 Å². The Hall–Kier alpha value is -1.00. The molecule has 1 aliphatic rings. The van der Waals surface area contributed by atoms with Gasteiger partial charge in [0.25, 0.3) is 5.78 Å². The molecule has 12 heavy (non-hydrogen) atoms. The van der Waals surface area contributed by atoms with Crippen molar-refractivity contribution in [2.45, 2.75) is 0 Å². The quantitative estimate of drug-likeness (QED) is 0.430. The van der Waals surface area contributed by atoms with Crippen molar-refractivity contribution < 1.29 is 9.59 Å². The molecule has 0 aromatic heterocycles. The molecule has 0 amide bonds. The summed E-state index contributed by atoms with van der Waals surface area (Å²) in [5.74, 6) is -1.84. The number of Topliss-reactive ketones (excluding diaryl/α,β-unsaturated/α-hetero) is 2. The molecule has 0 aromatic carbocycles. The number of ketones is 2. The van der Waals surface area contributed by atoms with Crippen molar-refractivity contribution in [2.75, 3.05) is 0 Å². The second-order valence-corrected chi connectivity index (χ2v) is 2.87. The van der Waals surface area contributed by atoms with Crippen LogP contribution in [0.2, 0.25) is 0 Å². The van der Waals surface area contributed by atoms with Crippen LogP contribution in [0.4, 0.5) is 0 Å². The van der Waals surface area contributed by atoms with Gasteiger partial charge in [0.1, 0.15) is 10.7 Å². The summed E-state index contributed by atoms with van der Waals surface area (Å²) in [6.45, 7) is 0. The summed E-state index contributed by atoms with van der Waals surface area (Å²) >= 11 is 10.9. The molecule has 6 heteroatoms. The van der Waals surface area contributed by atoms with Crippen molar-refractivity contribution in [3.8, 4) is 0 Å². The van der Waals surface area contributed by atoms with Gasteiger partial charge in [-0.1, -0.05) is 23.2 Å². The summed E-state index contributed by atoms with van der Waals surface area (Å²) in [4.78, 5) is 21.8. The third-order valence-corrected chi connectivity index (χ3v) is 2.22. The summed E-state index contributed by atoms with van der Waals surface area (Å²) in [5.41, 5.74) is 9.94. The first-order chi connectivity index (χ1) is 5.46. The van der Waals surface area contributed by atoms with Crippen LogP contribution in [0.3, 0.4) is 0 Å². The lowest BCUT2D eigenvalue weighted by Gasteiger charge is -2.11. The first-order valence-corrected chi connectivity index (χ1v) is 3.62. The Morgan fingerprint density at radius 3 is 1.83 bits per heavy atom. The Bertz CT molecular complexity index is 294. The smallest absolute Gasteiger partial charge is 0.252 e. The van der Waals surface area contributed by atoms with E-state index in [4.69, 9.17) is 34.7 Å². The molecular weight excluding hydrogens is 203 g/mol. The lowest BCUT2D eigenvalue weighted by molar-refractivity contribution is -0.132. The van der Waals surface area contributed by atoms with E-state index in [1.54, 1.807) is 0 Å². The Morgan fingerprint density at radius 1 is 0.833 bits per heavy atom. The molecule has 0 saturated heterocycles. The highest BCUT2D eigenvalue weighted by Crippen LogP contribution is 2.26. The predicted octanol–water partition coefficient (Wildman–Crippen LogP) is -0.0436. The average Bonchev–Trinajstić information content (AvgIpc) is 2.08. The standard InChI is InChI=1S/C6H4Cl2N2O2/c7-1-2(8)5(11)6(12)4(10)3(1)9/h9-10H2. The molecule has 0 radical (unpaired) electrons. The van der Waals surface area contributed by atoms with Gasteiger partial charge in [0.05, 0.1) is 10.7 Å². The highest BCUT2D eigenvalue weighted by atomic mass is 35.5. The maximum atomic E-state index is 10.9. The Labute approximate surface area is 77.8 Å². The van der Waals surface area contributed by atoms with E-state index >= 15 is 0 Å². The fraction of sp³-hybridized carbons (Fsp3) is 0. The molecule has 1 aliphatic carbocycles. The molecule has 0 bridgehead atoms. The summed E-state index contributed by atoms with van der Waals surface area (Å²) in [5, 5.41) is -0.549. The maximum Gasteiger partial charge on any atom is 0.252 e. The lowest BCUT2D eigenvalue weighted by atomic mass is 10.1. The van der Waals surface area contributed by atoms with E-state index in [-0.39, 0.29) is 21.5 Å². The van der Waals surface area contributed by atoms with Crippen molar-refractivity contribution in [3.63, 3.8) is 0 Å². The molecule has 0 saturated carbocycles. The van der Waals surface area contributed by atoms with Crippen molar-refractivity contribution in [2.24, 2.45) is 11.5 Å². The van der Waals surface area contributed by atoms with E-state index in [1.807, 2.05) is 0 Å². The number of hydrogen-bond acceptors (Lipinski definition) is 4. The van der Waals surface area contributed by atoms with Gasteiger partial charge in [-0.05, 0) is 0 Å². The van der Waals surface area contributed by atoms with Crippen molar-refractivity contribution in [1.29, 1.82) is 0 Å². The third kappa shape index (κ3) is 1.09. The minimum atomic E-state index is -0.923. The molecule has 0 heterocycles. The van der Waals surface area contributed by atoms with E-state index in [9.17, 15) is 9.59 Å². The number of hydrogen-bond donors (Lipinski definition) is 2. The van der Waals surface area contributed by atoms with Crippen LogP contribution in [0.25, 0.3) is 0 Å². The van der Waals surface area contributed by atoms with Crippen molar-refractivity contribution in [1.82, 2.24) is 0 Å². The van der Waals surface area contributed by atoms with Gasteiger partial charge in [0.2, 0.25) is 5.78 Å². The molecule has 1 rings (SSSR count). The minimum absolute atomic E-state index is 0.147. The topological polar surface area (TPSA) is 86.2 Å². The number of nitrogens with two attached hydrogens (primary N) is 2. The molecule has 4 nitrogen and oxygen atoms in total. The van der Waals surface area contributed by atoms with E-state index in [2.05, 4.69) is 0 Å². The summed E-state index contributed by atoms with van der Waals surface area (Å²) in [6.07, 6.45) is 0. The van der Waals surface area contributed by atoms with E-state index in [0.29, 0.717) is 0 Å². The zero-order valence-corrected chi connectivity index (χ0v) is 7.24. The zero-order valence-electron chi connectivity index (χ0n) is 5.73. The zero-order chi connectivity index (χ0) is 9.46. The molecule has 0 unspecified atom stereocenters. The Morgan fingerprint density at radius 2 is 1.33 bits per heavy atom. The Kier molecular flexibility index (Phi) is 2.12. The first-order valence-electron chi connectivity index (χ1n) is 2.86. The predicted molar refractivity (Wildman–Crippen MR) is 44.1 cm³/mol. The van der Waals surface area contributed by atoms with Crippen molar-refractivity contribution in [3.05, 3.63) is 21.5 Å². The average molecular weight is 207 g/mol. The largest absolute Gasteiger partial charge is 0.396 e. The van der Waals surface area contributed by atoms with Crippen LogP contribution >= 0.6 is 23.2 Å². The van der Waals surface area contributed by atoms with E-state index in [0.717, 1.165) is 0 Å². The van der Waals surface area contributed by atoms with Crippen LogP contribution < -0.4 is 11.5 Å². The van der Waals surface area contributed by atoms with Gasteiger partial charge in [0, 0.05) is 0 Å². The van der Waals surface area contributed by atoms with Gasteiger partial charge in [0.15, 0.2) is 0 Å². The lowest BCUT2D eigenvalue weighted by Crippen LogP contribution is -2.30. The van der Waals surface area contributed by atoms with Crippen LogP contribution in [0, 0.1) is 0 Å². The maximum absolute atomic E-state index is 10.9. The summed E-state index contributed by atoms with van der Waals surface area (Å²) in [6, 6.07) is 0. The molecule has 0 spiro atoms. The van der Waals surface area contributed by atoms with Crippen LogP contribution in [-0.4, -0.2) is 11.6 Å². The molecule has 0 fully saturated rings. The normalized spacial score (nSPS) is 19.2. The molecule has 64 valence electrons. The van der Waals surface area contributed by atoms with Gasteiger partial charge in [-0.3, -0.25) is 9.59 Å². The molecule has 0 atom stereocenters. The number of carbonyl (C=O) groups is 2. The van der Waals surface area contributed by atoms with Gasteiger partial charge in [-0.2, -0.15) is 0 Å². The third-order valence-electron chi connectivity index (χ3n) is 1.37. The number of halogens is 2. The van der Waals surface area contributed by atoms with Crippen LogP contribution in [-0.2, 0) is 9.59 Å². The Balaban J connectivity index is 3.37. The summed E-state index contributed by atoms with van der Waals surface area (Å²) in [7, 11) is 0. The summed E-state index contributed by atoms with van der Waals surface area (Å²) < 4.78 is 0. The fourth-order valence-electron chi connectivity index (χ4n) is 0.680. The van der Waals surface area contributed by atoms with Gasteiger partial charge >= 0.3 is 0 Å². The number of carbonyl (C=O) groups excluding carboxylic acids is 2. The highest BCUT2D eigenvalue weighted by Gasteiger charge is 2.30. The van der Waals surface area contributed by atoms with E-state index < -0.39 is 11.6 Å². The minimum Gasteiger partial charge on any atom is -0.396 e. The molecule has 0 aromatic rings. The van der Waals surface area contributed by atoms with E-state index in [1.165, 1.54) is 0 Å². The van der Waals surface area contributed by atoms with Gasteiger partial charge < -0.3 is 11.5 Å². The SMILES string of the molecule is NC1=C(N)C(Cl)=C(Cl)C(=O)C1=O. The van der Waals surface area contributed by atoms with Gasteiger partial charge in [-0.15, -0.1) is 0 Å². The monoisotopic (exact) mass is 206 g/mol. The van der Waals surface area contributed by atoms with Crippen molar-refractivity contribution >= 4 is 34.8 Å². The second-order valence-electron chi connectivity index (χ2n) is 2.11. The van der Waals surface area contributed by atoms with Crippen LogP contribution in [0.15, 0.2) is 21.5 Å². The van der Waals surface area contributed by atoms with Crippen LogP contribution in [0.1, 0.15) is 0 Å². The highest BCUT2D eigenvalue weighted by molar-refractivity contribution is 6.64.